The first-order chi connectivity index (χ1) is 17.2. The van der Waals surface area contributed by atoms with Crippen molar-refractivity contribution in [1.29, 1.82) is 0 Å². The highest BCUT2D eigenvalue weighted by Crippen LogP contribution is 2.38. The lowest BCUT2D eigenvalue weighted by Gasteiger charge is -2.39. The quantitative estimate of drug-likeness (QED) is 0.563. The van der Waals surface area contributed by atoms with Crippen LogP contribution in [0.5, 0.6) is 5.75 Å². The molecule has 0 atom stereocenters. The second kappa shape index (κ2) is 12.0. The molecular weight excluding hydrogens is 545 g/mol. The number of rotatable bonds is 5. The fourth-order valence-corrected chi connectivity index (χ4v) is 8.18. The van der Waals surface area contributed by atoms with Gasteiger partial charge in [-0.05, 0) is 98.4 Å². The molecule has 3 aliphatic heterocycles. The number of nitrogens with zero attached hydrogens (tertiary/aromatic N) is 2. The number of halogens is 2. The summed E-state index contributed by atoms with van der Waals surface area (Å²) in [6.07, 6.45) is 5.22. The number of anilines is 1. The highest BCUT2D eigenvalue weighted by molar-refractivity contribution is 7.93. The van der Waals surface area contributed by atoms with Crippen molar-refractivity contribution < 1.29 is 17.9 Å². The van der Waals surface area contributed by atoms with Gasteiger partial charge in [0.1, 0.15) is 5.75 Å². The topological polar surface area (TPSA) is 79.0 Å². The summed E-state index contributed by atoms with van der Waals surface area (Å²) in [5, 5.41) is 3.47. The molecular formula is C28H39Cl2N3O4S. The Kier molecular flexibility index (Phi) is 9.67. The lowest BCUT2D eigenvalue weighted by molar-refractivity contribution is -0.132. The van der Waals surface area contributed by atoms with E-state index in [0.29, 0.717) is 45.8 Å². The maximum Gasteiger partial charge on any atom is 0.264 e. The second-order valence-corrected chi connectivity index (χ2v) is 12.5. The zero-order chi connectivity index (χ0) is 25.5. The van der Waals surface area contributed by atoms with E-state index in [9.17, 15) is 13.2 Å². The van der Waals surface area contributed by atoms with E-state index in [4.69, 9.17) is 4.74 Å². The molecule has 0 aliphatic carbocycles. The fraction of sp³-hybridized carbons (Fsp3) is 0.536. The zero-order valence-electron chi connectivity index (χ0n) is 22.4. The van der Waals surface area contributed by atoms with E-state index in [-0.39, 0.29) is 30.7 Å². The van der Waals surface area contributed by atoms with Crippen molar-refractivity contribution in [3.8, 4) is 5.75 Å². The van der Waals surface area contributed by atoms with Gasteiger partial charge in [0.2, 0.25) is 5.91 Å². The smallest absolute Gasteiger partial charge is 0.264 e. The van der Waals surface area contributed by atoms with Crippen LogP contribution in [0.3, 0.4) is 0 Å². The molecule has 10 heteroatoms. The Bertz CT molecular complexity index is 1250. The first-order valence-electron chi connectivity index (χ1n) is 13.0. The van der Waals surface area contributed by atoms with Crippen molar-refractivity contribution in [1.82, 2.24) is 10.2 Å². The lowest BCUT2D eigenvalue weighted by atomic mass is 9.78. The van der Waals surface area contributed by atoms with Crippen molar-refractivity contribution in [2.45, 2.75) is 57.3 Å². The summed E-state index contributed by atoms with van der Waals surface area (Å²) < 4.78 is 34.7. The number of ether oxygens (including phenoxy) is 1. The van der Waals surface area contributed by atoms with Gasteiger partial charge >= 0.3 is 0 Å². The Morgan fingerprint density at radius 1 is 1.03 bits per heavy atom. The van der Waals surface area contributed by atoms with Crippen LogP contribution in [-0.4, -0.2) is 59.1 Å². The number of fused-ring (bicyclic) bond motifs is 1. The number of likely N-dealkylation sites (tertiary alicyclic amines) is 1. The molecule has 1 spiro atoms. The minimum atomic E-state index is -3.76. The number of methoxy groups -OCH3 is 1. The molecule has 3 aliphatic rings. The SMILES string of the molecule is COc1cc(C)c(S(=O)(=O)N2CCCc3ccc(CC(=O)N4CCC5(CCNC5)CC4)cc32)c(C)c1.Cl.Cl. The molecule has 0 aromatic heterocycles. The summed E-state index contributed by atoms with van der Waals surface area (Å²) in [6.45, 7) is 7.82. The molecule has 1 N–H and O–H groups in total. The molecule has 7 nitrogen and oxygen atoms in total. The van der Waals surface area contributed by atoms with Crippen molar-refractivity contribution in [2.75, 3.05) is 44.1 Å². The van der Waals surface area contributed by atoms with Crippen LogP contribution in [0.1, 0.15) is 47.9 Å². The first kappa shape index (κ1) is 30.5. The molecule has 1 amide bonds. The number of hydrogen-bond acceptors (Lipinski definition) is 5. The number of piperidine rings is 1. The molecule has 0 bridgehead atoms. The molecule has 2 aromatic rings. The average Bonchev–Trinajstić information content (AvgIpc) is 3.31. The summed E-state index contributed by atoms with van der Waals surface area (Å²) in [4.78, 5) is 15.5. The number of sulfonamides is 1. The number of amides is 1. The van der Waals surface area contributed by atoms with Crippen molar-refractivity contribution in [2.24, 2.45) is 5.41 Å². The van der Waals surface area contributed by atoms with Gasteiger partial charge in [-0.3, -0.25) is 9.10 Å². The third-order valence-electron chi connectivity index (χ3n) is 8.31. The number of hydrogen-bond donors (Lipinski definition) is 1. The molecule has 210 valence electrons. The van der Waals surface area contributed by atoms with Gasteiger partial charge in [0.05, 0.1) is 24.1 Å². The molecule has 0 unspecified atom stereocenters. The molecule has 38 heavy (non-hydrogen) atoms. The molecule has 0 radical (unpaired) electrons. The summed E-state index contributed by atoms with van der Waals surface area (Å²) in [6, 6.07) is 9.45. The Morgan fingerprint density at radius 3 is 2.32 bits per heavy atom. The van der Waals surface area contributed by atoms with Gasteiger partial charge in [-0.25, -0.2) is 8.42 Å². The van der Waals surface area contributed by atoms with Crippen LogP contribution < -0.4 is 14.4 Å². The van der Waals surface area contributed by atoms with E-state index in [1.54, 1.807) is 23.5 Å². The maximum absolute atomic E-state index is 13.9. The zero-order valence-corrected chi connectivity index (χ0v) is 24.9. The minimum Gasteiger partial charge on any atom is -0.497 e. The number of aryl methyl sites for hydroxylation is 3. The van der Waals surface area contributed by atoms with Crippen LogP contribution in [0.4, 0.5) is 5.69 Å². The van der Waals surface area contributed by atoms with Crippen molar-refractivity contribution in [3.63, 3.8) is 0 Å². The molecule has 2 aromatic carbocycles. The highest BCUT2D eigenvalue weighted by Gasteiger charge is 2.38. The standard InChI is InChI=1S/C28H37N3O4S.2ClH/c1-20-15-24(35-3)16-21(2)27(20)36(33,34)31-12-4-5-23-7-6-22(17-25(23)31)18-26(32)30-13-9-28(10-14-30)8-11-29-19-28;;/h6-7,15-17,29H,4-5,8-14,18-19H2,1-3H3;2*1H. The average molecular weight is 585 g/mol. The van der Waals surface area contributed by atoms with E-state index in [1.165, 1.54) is 6.42 Å². The van der Waals surface area contributed by atoms with E-state index in [1.807, 2.05) is 36.9 Å². The van der Waals surface area contributed by atoms with Gasteiger partial charge in [-0.2, -0.15) is 0 Å². The van der Waals surface area contributed by atoms with E-state index >= 15 is 0 Å². The Morgan fingerprint density at radius 2 is 1.71 bits per heavy atom. The third kappa shape index (κ3) is 5.79. The molecule has 0 saturated carbocycles. The van der Waals surface area contributed by atoms with Crippen LogP contribution >= 0.6 is 24.8 Å². The van der Waals surface area contributed by atoms with Crippen molar-refractivity contribution in [3.05, 3.63) is 52.6 Å². The Balaban J connectivity index is 0.00000200. The van der Waals surface area contributed by atoms with E-state index in [2.05, 4.69) is 5.32 Å². The van der Waals surface area contributed by atoms with Crippen LogP contribution in [0.15, 0.2) is 35.2 Å². The summed E-state index contributed by atoms with van der Waals surface area (Å²) in [7, 11) is -2.18. The third-order valence-corrected chi connectivity index (χ3v) is 10.4. The van der Waals surface area contributed by atoms with E-state index in [0.717, 1.165) is 63.0 Å². The number of carbonyl (C=O) groups excluding carboxylic acids is 1. The molecule has 3 heterocycles. The van der Waals surface area contributed by atoms with Gasteiger partial charge in [-0.15, -0.1) is 24.8 Å². The number of carbonyl (C=O) groups is 1. The monoisotopic (exact) mass is 583 g/mol. The van der Waals surface area contributed by atoms with Crippen LogP contribution in [0.2, 0.25) is 0 Å². The van der Waals surface area contributed by atoms with Crippen LogP contribution in [0, 0.1) is 19.3 Å². The summed E-state index contributed by atoms with van der Waals surface area (Å²) >= 11 is 0. The predicted octanol–water partition coefficient (Wildman–Crippen LogP) is 4.44. The van der Waals surface area contributed by atoms with Gasteiger partial charge in [0.25, 0.3) is 10.0 Å². The minimum absolute atomic E-state index is 0. The van der Waals surface area contributed by atoms with Gasteiger partial charge < -0.3 is 15.0 Å². The Hall–Kier alpha value is -2.00. The maximum atomic E-state index is 13.9. The number of benzene rings is 2. The fourth-order valence-electron chi connectivity index (χ4n) is 6.23. The normalized spacial score (nSPS) is 18.4. The van der Waals surface area contributed by atoms with Gasteiger partial charge in [-0.1, -0.05) is 12.1 Å². The number of nitrogens with one attached hydrogen (secondary N) is 1. The molecule has 2 saturated heterocycles. The highest BCUT2D eigenvalue weighted by atomic mass is 35.5. The largest absolute Gasteiger partial charge is 0.497 e. The molecule has 5 rings (SSSR count). The first-order valence-corrected chi connectivity index (χ1v) is 14.4. The summed E-state index contributed by atoms with van der Waals surface area (Å²) in [5.41, 5.74) is 4.30. The summed E-state index contributed by atoms with van der Waals surface area (Å²) in [5.74, 6) is 0.777. The van der Waals surface area contributed by atoms with Crippen molar-refractivity contribution >= 4 is 46.4 Å². The van der Waals surface area contributed by atoms with Crippen LogP contribution in [-0.2, 0) is 27.7 Å². The Labute approximate surface area is 239 Å². The van der Waals surface area contributed by atoms with Gasteiger partial charge in [0, 0.05) is 26.2 Å². The van der Waals surface area contributed by atoms with Crippen LogP contribution in [0.25, 0.3) is 0 Å². The second-order valence-electron chi connectivity index (χ2n) is 10.7. The lowest BCUT2D eigenvalue weighted by Crippen LogP contribution is -2.44. The van der Waals surface area contributed by atoms with E-state index < -0.39 is 10.0 Å². The predicted molar refractivity (Wildman–Crippen MR) is 156 cm³/mol. The van der Waals surface area contributed by atoms with Gasteiger partial charge in [0.15, 0.2) is 0 Å². The molecule has 2 fully saturated rings.